The van der Waals surface area contributed by atoms with Crippen LogP contribution in [-0.4, -0.2) is 61.1 Å². The molecule has 0 radical (unpaired) electrons. The fourth-order valence-electron chi connectivity index (χ4n) is 3.83. The predicted molar refractivity (Wildman–Crippen MR) is 136 cm³/mol. The molecule has 0 bridgehead atoms. The summed E-state index contributed by atoms with van der Waals surface area (Å²) in [5.74, 6) is 0.950. The molecule has 0 saturated carbocycles. The number of piperidine rings is 1. The second kappa shape index (κ2) is 15.0. The number of hydrogen-bond acceptors (Lipinski definition) is 3. The van der Waals surface area contributed by atoms with Crippen LogP contribution in [0.4, 0.5) is 0 Å². The Bertz CT molecular complexity index is 580. The summed E-state index contributed by atoms with van der Waals surface area (Å²) in [6.07, 6.45) is 3.64. The third-order valence-electron chi connectivity index (χ3n) is 5.52. The molecule has 1 aliphatic heterocycles. The van der Waals surface area contributed by atoms with E-state index in [4.69, 9.17) is 4.99 Å². The number of rotatable bonds is 10. The summed E-state index contributed by atoms with van der Waals surface area (Å²) in [4.78, 5) is 9.88. The van der Waals surface area contributed by atoms with Crippen molar-refractivity contribution < 1.29 is 0 Å². The molecule has 0 spiro atoms. The van der Waals surface area contributed by atoms with Gasteiger partial charge in [0.15, 0.2) is 5.96 Å². The number of benzene rings is 1. The summed E-state index contributed by atoms with van der Waals surface area (Å²) in [6, 6.07) is 9.39. The van der Waals surface area contributed by atoms with Crippen molar-refractivity contribution in [2.45, 2.75) is 66.1 Å². The molecule has 1 heterocycles. The Kier molecular flexibility index (Phi) is 13.6. The number of aliphatic imine (C=N–C) groups is 1. The van der Waals surface area contributed by atoms with E-state index in [-0.39, 0.29) is 24.0 Å². The standard InChI is InChI=1S/C23H41N5.HI/c1-5-14-28-15-12-22(13-16-28)26-23(24-6-2)25-18-20-10-9-11-21(17-20)19-27(7-3)8-4;/h9-11,17,22H,5-8,12-16,18-19H2,1-4H3,(H2,24,25,26);1H. The average molecular weight is 516 g/mol. The number of nitrogens with zero attached hydrogens (tertiary/aromatic N) is 3. The van der Waals surface area contributed by atoms with Gasteiger partial charge in [-0.3, -0.25) is 4.90 Å². The fourth-order valence-corrected chi connectivity index (χ4v) is 3.83. The van der Waals surface area contributed by atoms with E-state index in [1.54, 1.807) is 0 Å². The van der Waals surface area contributed by atoms with Gasteiger partial charge in [-0.2, -0.15) is 0 Å². The van der Waals surface area contributed by atoms with Crippen LogP contribution in [0.15, 0.2) is 29.3 Å². The first-order chi connectivity index (χ1) is 13.7. The van der Waals surface area contributed by atoms with E-state index in [0.717, 1.165) is 38.7 Å². The first-order valence-electron chi connectivity index (χ1n) is 11.3. The Labute approximate surface area is 195 Å². The molecule has 1 aromatic rings. The van der Waals surface area contributed by atoms with Crippen molar-refractivity contribution in [3.05, 3.63) is 35.4 Å². The van der Waals surface area contributed by atoms with Crippen LogP contribution in [0.1, 0.15) is 58.1 Å². The molecule has 2 N–H and O–H groups in total. The van der Waals surface area contributed by atoms with Crippen LogP contribution < -0.4 is 10.6 Å². The highest BCUT2D eigenvalue weighted by Crippen LogP contribution is 2.12. The summed E-state index contributed by atoms with van der Waals surface area (Å²) in [5.41, 5.74) is 2.65. The smallest absolute Gasteiger partial charge is 0.191 e. The Morgan fingerprint density at radius 2 is 1.79 bits per heavy atom. The van der Waals surface area contributed by atoms with Crippen LogP contribution in [0.25, 0.3) is 0 Å². The van der Waals surface area contributed by atoms with Crippen molar-refractivity contribution >= 4 is 29.9 Å². The first kappa shape index (κ1) is 26.2. The molecule has 1 aliphatic rings. The minimum Gasteiger partial charge on any atom is -0.357 e. The molecule has 0 atom stereocenters. The molecule has 6 heteroatoms. The third kappa shape index (κ3) is 9.66. The van der Waals surface area contributed by atoms with E-state index < -0.39 is 0 Å². The van der Waals surface area contributed by atoms with Gasteiger partial charge >= 0.3 is 0 Å². The Balaban J connectivity index is 0.00000420. The lowest BCUT2D eigenvalue weighted by Crippen LogP contribution is -2.48. The second-order valence-corrected chi connectivity index (χ2v) is 7.74. The van der Waals surface area contributed by atoms with E-state index in [0.29, 0.717) is 6.04 Å². The highest BCUT2D eigenvalue weighted by molar-refractivity contribution is 14.0. The van der Waals surface area contributed by atoms with Gasteiger partial charge in [0.1, 0.15) is 0 Å². The van der Waals surface area contributed by atoms with Gasteiger partial charge in [0.2, 0.25) is 0 Å². The van der Waals surface area contributed by atoms with E-state index in [9.17, 15) is 0 Å². The lowest BCUT2D eigenvalue weighted by Gasteiger charge is -2.32. The normalized spacial score (nSPS) is 16.0. The maximum atomic E-state index is 4.86. The van der Waals surface area contributed by atoms with Crippen LogP contribution >= 0.6 is 24.0 Å². The fraction of sp³-hybridized carbons (Fsp3) is 0.696. The Morgan fingerprint density at radius 3 is 2.41 bits per heavy atom. The van der Waals surface area contributed by atoms with Gasteiger partial charge in [-0.05, 0) is 56.9 Å². The maximum absolute atomic E-state index is 4.86. The van der Waals surface area contributed by atoms with Gasteiger partial charge in [-0.15, -0.1) is 24.0 Å². The van der Waals surface area contributed by atoms with Crippen molar-refractivity contribution in [2.24, 2.45) is 4.99 Å². The summed E-state index contributed by atoms with van der Waals surface area (Å²) in [6.45, 7) is 17.2. The minimum atomic E-state index is 0. The number of hydrogen-bond donors (Lipinski definition) is 2. The van der Waals surface area contributed by atoms with Crippen molar-refractivity contribution in [3.8, 4) is 0 Å². The summed E-state index contributed by atoms with van der Waals surface area (Å²) >= 11 is 0. The molecule has 5 nitrogen and oxygen atoms in total. The van der Waals surface area contributed by atoms with Crippen LogP contribution in [0.3, 0.4) is 0 Å². The highest BCUT2D eigenvalue weighted by atomic mass is 127. The van der Waals surface area contributed by atoms with Gasteiger partial charge < -0.3 is 15.5 Å². The van der Waals surface area contributed by atoms with Crippen LogP contribution in [0, 0.1) is 0 Å². The summed E-state index contributed by atoms with van der Waals surface area (Å²) in [5, 5.41) is 7.08. The molecule has 0 unspecified atom stereocenters. The number of nitrogens with one attached hydrogen (secondary N) is 2. The Hall–Kier alpha value is -0.860. The van der Waals surface area contributed by atoms with E-state index in [1.807, 2.05) is 0 Å². The molecule has 1 saturated heterocycles. The first-order valence-corrected chi connectivity index (χ1v) is 11.3. The van der Waals surface area contributed by atoms with Crippen molar-refractivity contribution in [1.82, 2.24) is 20.4 Å². The maximum Gasteiger partial charge on any atom is 0.191 e. The zero-order valence-electron chi connectivity index (χ0n) is 18.9. The number of halogens is 1. The molecular weight excluding hydrogens is 473 g/mol. The lowest BCUT2D eigenvalue weighted by atomic mass is 10.1. The highest BCUT2D eigenvalue weighted by Gasteiger charge is 2.19. The van der Waals surface area contributed by atoms with Gasteiger partial charge in [0.05, 0.1) is 6.54 Å². The van der Waals surface area contributed by atoms with E-state index in [2.05, 4.69) is 72.4 Å². The zero-order valence-corrected chi connectivity index (χ0v) is 21.2. The molecule has 0 amide bonds. The largest absolute Gasteiger partial charge is 0.357 e. The SMILES string of the molecule is CCCN1CCC(NC(=NCc2cccc(CN(CC)CC)c2)NCC)CC1.I. The number of guanidine groups is 1. The third-order valence-corrected chi connectivity index (χ3v) is 5.52. The quantitative estimate of drug-likeness (QED) is 0.280. The van der Waals surface area contributed by atoms with Crippen LogP contribution in [0.5, 0.6) is 0 Å². The van der Waals surface area contributed by atoms with Crippen molar-refractivity contribution in [2.75, 3.05) is 39.3 Å². The predicted octanol–water partition coefficient (Wildman–Crippen LogP) is 4.08. The molecular formula is C23H42IN5. The average Bonchev–Trinajstić information content (AvgIpc) is 2.72. The Morgan fingerprint density at radius 1 is 1.10 bits per heavy atom. The molecule has 0 aromatic heterocycles. The summed E-state index contributed by atoms with van der Waals surface area (Å²) in [7, 11) is 0. The summed E-state index contributed by atoms with van der Waals surface area (Å²) < 4.78 is 0. The van der Waals surface area contributed by atoms with E-state index >= 15 is 0 Å². The lowest BCUT2D eigenvalue weighted by molar-refractivity contribution is 0.206. The monoisotopic (exact) mass is 515 g/mol. The zero-order chi connectivity index (χ0) is 20.2. The van der Waals surface area contributed by atoms with Gasteiger partial charge in [-0.1, -0.05) is 45.0 Å². The molecule has 166 valence electrons. The second-order valence-electron chi connectivity index (χ2n) is 7.74. The van der Waals surface area contributed by atoms with Crippen LogP contribution in [0.2, 0.25) is 0 Å². The molecule has 2 rings (SSSR count). The van der Waals surface area contributed by atoms with Gasteiger partial charge in [-0.25, -0.2) is 4.99 Å². The topological polar surface area (TPSA) is 42.9 Å². The van der Waals surface area contributed by atoms with Crippen molar-refractivity contribution in [3.63, 3.8) is 0 Å². The molecule has 29 heavy (non-hydrogen) atoms. The minimum absolute atomic E-state index is 0. The molecule has 0 aliphatic carbocycles. The van der Waals surface area contributed by atoms with E-state index in [1.165, 1.54) is 50.0 Å². The van der Waals surface area contributed by atoms with Crippen LogP contribution in [-0.2, 0) is 13.1 Å². The van der Waals surface area contributed by atoms with Crippen molar-refractivity contribution in [1.29, 1.82) is 0 Å². The molecule has 1 fully saturated rings. The molecule has 1 aromatic carbocycles. The van der Waals surface area contributed by atoms with Gasteiger partial charge in [0.25, 0.3) is 0 Å². The van der Waals surface area contributed by atoms with Gasteiger partial charge in [0, 0.05) is 32.2 Å². The number of likely N-dealkylation sites (tertiary alicyclic amines) is 1.